The van der Waals surface area contributed by atoms with Gasteiger partial charge in [0.1, 0.15) is 11.0 Å². The lowest BCUT2D eigenvalue weighted by Gasteiger charge is -2.23. The van der Waals surface area contributed by atoms with Crippen molar-refractivity contribution in [1.82, 2.24) is 15.5 Å². The van der Waals surface area contributed by atoms with Crippen LogP contribution in [0.5, 0.6) is 0 Å². The maximum atomic E-state index is 13.0. The summed E-state index contributed by atoms with van der Waals surface area (Å²) in [6.45, 7) is 5.91. The van der Waals surface area contributed by atoms with Gasteiger partial charge in [-0.2, -0.15) is 0 Å². The zero-order valence-corrected chi connectivity index (χ0v) is 19.8. The number of halogens is 1. The minimum absolute atomic E-state index is 0.0810. The van der Waals surface area contributed by atoms with E-state index in [1.54, 1.807) is 12.1 Å². The summed E-state index contributed by atoms with van der Waals surface area (Å²) in [4.78, 5) is 25.6. The second-order valence-electron chi connectivity index (χ2n) is 7.38. The Labute approximate surface area is 196 Å². The highest BCUT2D eigenvalue weighted by molar-refractivity contribution is 7.18. The number of aromatic nitrogens is 2. The number of nitrogens with zero attached hydrogens (tertiary/aromatic N) is 2. The molecule has 3 aromatic rings. The molecule has 32 heavy (non-hydrogen) atoms. The number of amides is 3. The second-order valence-corrected chi connectivity index (χ2v) is 8.80. The van der Waals surface area contributed by atoms with Crippen LogP contribution in [0, 0.1) is 5.92 Å². The fraction of sp³-hybridized carbons (Fsp3) is 0.304. The summed E-state index contributed by atoms with van der Waals surface area (Å²) >= 11 is 7.29. The third-order valence-electron chi connectivity index (χ3n) is 5.16. The second kappa shape index (κ2) is 11.1. The van der Waals surface area contributed by atoms with Gasteiger partial charge in [0.05, 0.1) is 0 Å². The highest BCUT2D eigenvalue weighted by Gasteiger charge is 2.27. The molecular formula is C23H26ClN5O2S. The number of hydrogen-bond acceptors (Lipinski definition) is 5. The standard InChI is InChI=1S/C23H26ClN5O2S/c1-4-14(3)19(26-22(31)25-18-12-7-6-9-15(18)5-2)20(30)27-23-29-28-21(32-23)16-10-8-11-17(24)13-16/h6-14,19H,4-5H2,1-3H3,(H2,25,26,31)(H,27,29,30)/t14-,19-/m0/s1. The van der Waals surface area contributed by atoms with Gasteiger partial charge >= 0.3 is 6.03 Å². The van der Waals surface area contributed by atoms with Gasteiger partial charge in [-0.15, -0.1) is 10.2 Å². The minimum atomic E-state index is -0.729. The predicted molar refractivity (Wildman–Crippen MR) is 130 cm³/mol. The lowest BCUT2D eigenvalue weighted by molar-refractivity contribution is -0.119. The largest absolute Gasteiger partial charge is 0.326 e. The van der Waals surface area contributed by atoms with E-state index >= 15 is 0 Å². The Balaban J connectivity index is 1.69. The third kappa shape index (κ3) is 6.05. The summed E-state index contributed by atoms with van der Waals surface area (Å²) in [5.74, 6) is -0.422. The van der Waals surface area contributed by atoms with E-state index in [0.717, 1.165) is 23.2 Å². The van der Waals surface area contributed by atoms with E-state index in [9.17, 15) is 9.59 Å². The highest BCUT2D eigenvalue weighted by atomic mass is 35.5. The first-order valence-electron chi connectivity index (χ1n) is 10.5. The average molecular weight is 472 g/mol. The van der Waals surface area contributed by atoms with Crippen LogP contribution >= 0.6 is 22.9 Å². The molecule has 168 valence electrons. The topological polar surface area (TPSA) is 96.0 Å². The summed E-state index contributed by atoms with van der Waals surface area (Å²) in [5.41, 5.74) is 2.57. The SMILES string of the molecule is CCc1ccccc1NC(=O)N[C@H](C(=O)Nc1nnc(-c2cccc(Cl)c2)s1)[C@@H](C)CC. The van der Waals surface area contributed by atoms with Crippen molar-refractivity contribution < 1.29 is 9.59 Å². The molecule has 3 rings (SSSR count). The van der Waals surface area contributed by atoms with E-state index in [1.165, 1.54) is 11.3 Å². The van der Waals surface area contributed by atoms with E-state index in [0.29, 0.717) is 21.6 Å². The summed E-state index contributed by atoms with van der Waals surface area (Å²) in [7, 11) is 0. The smallest absolute Gasteiger partial charge is 0.319 e. The first kappa shape index (κ1) is 23.7. The molecule has 3 amide bonds. The number of carbonyl (C=O) groups excluding carboxylic acids is 2. The van der Waals surface area contributed by atoms with Crippen molar-refractivity contribution in [1.29, 1.82) is 0 Å². The molecule has 0 bridgehead atoms. The van der Waals surface area contributed by atoms with Gasteiger partial charge in [0.2, 0.25) is 11.0 Å². The number of urea groups is 1. The molecule has 0 spiro atoms. The molecule has 0 aliphatic rings. The number of nitrogens with one attached hydrogen (secondary N) is 3. The third-order valence-corrected chi connectivity index (χ3v) is 6.28. The van der Waals surface area contributed by atoms with Crippen molar-refractivity contribution in [2.75, 3.05) is 10.6 Å². The fourth-order valence-corrected chi connectivity index (χ4v) is 4.08. The molecule has 2 atom stereocenters. The molecule has 0 aliphatic heterocycles. The monoisotopic (exact) mass is 471 g/mol. The van der Waals surface area contributed by atoms with E-state index < -0.39 is 12.1 Å². The van der Waals surface area contributed by atoms with Gasteiger partial charge in [0.25, 0.3) is 0 Å². The number of aryl methyl sites for hydroxylation is 1. The normalized spacial score (nSPS) is 12.6. The Kier molecular flexibility index (Phi) is 8.19. The van der Waals surface area contributed by atoms with Crippen molar-refractivity contribution >= 4 is 45.7 Å². The first-order valence-corrected chi connectivity index (χ1v) is 11.7. The molecular weight excluding hydrogens is 446 g/mol. The fourth-order valence-electron chi connectivity index (χ4n) is 3.15. The molecule has 0 unspecified atom stereocenters. The molecule has 3 N–H and O–H groups in total. The van der Waals surface area contributed by atoms with Crippen LogP contribution in [0.4, 0.5) is 15.6 Å². The van der Waals surface area contributed by atoms with Gasteiger partial charge in [-0.1, -0.05) is 80.5 Å². The van der Waals surface area contributed by atoms with Crippen molar-refractivity contribution in [3.8, 4) is 10.6 Å². The summed E-state index contributed by atoms with van der Waals surface area (Å²) in [6, 6.07) is 13.7. The molecule has 1 aromatic heterocycles. The van der Waals surface area contributed by atoms with Crippen LogP contribution in [0.25, 0.3) is 10.6 Å². The number of anilines is 2. The maximum absolute atomic E-state index is 13.0. The van der Waals surface area contributed by atoms with Crippen molar-refractivity contribution in [2.24, 2.45) is 5.92 Å². The van der Waals surface area contributed by atoms with Crippen molar-refractivity contribution in [3.63, 3.8) is 0 Å². The number of carbonyl (C=O) groups is 2. The van der Waals surface area contributed by atoms with Gasteiger partial charge in [0, 0.05) is 16.3 Å². The van der Waals surface area contributed by atoms with E-state index in [4.69, 9.17) is 11.6 Å². The summed E-state index contributed by atoms with van der Waals surface area (Å²) in [6.07, 6.45) is 1.51. The van der Waals surface area contributed by atoms with Crippen LogP contribution in [0.3, 0.4) is 0 Å². The lowest BCUT2D eigenvalue weighted by atomic mass is 9.98. The Morgan fingerprint density at radius 2 is 1.84 bits per heavy atom. The Hall–Kier alpha value is -2.97. The van der Waals surface area contributed by atoms with Crippen LogP contribution < -0.4 is 16.0 Å². The van der Waals surface area contributed by atoms with E-state index in [2.05, 4.69) is 26.1 Å². The Morgan fingerprint density at radius 3 is 2.56 bits per heavy atom. The number of para-hydroxylation sites is 1. The van der Waals surface area contributed by atoms with Crippen molar-refractivity contribution in [2.45, 2.75) is 39.7 Å². The molecule has 1 heterocycles. The molecule has 2 aromatic carbocycles. The number of rotatable bonds is 8. The molecule has 0 radical (unpaired) electrons. The molecule has 0 aliphatic carbocycles. The van der Waals surface area contributed by atoms with Crippen molar-refractivity contribution in [3.05, 3.63) is 59.1 Å². The van der Waals surface area contributed by atoms with Crippen LogP contribution in [0.15, 0.2) is 48.5 Å². The van der Waals surface area contributed by atoms with Gasteiger partial charge < -0.3 is 10.6 Å². The van der Waals surface area contributed by atoms with E-state index in [1.807, 2.05) is 57.2 Å². The lowest BCUT2D eigenvalue weighted by Crippen LogP contribution is -2.49. The van der Waals surface area contributed by atoms with Crippen LogP contribution in [-0.2, 0) is 11.2 Å². The number of benzene rings is 2. The molecule has 0 fully saturated rings. The quantitative estimate of drug-likeness (QED) is 0.398. The molecule has 0 saturated carbocycles. The van der Waals surface area contributed by atoms with Gasteiger partial charge in [-0.25, -0.2) is 4.79 Å². The van der Waals surface area contributed by atoms with Gasteiger partial charge in [-0.3, -0.25) is 10.1 Å². The van der Waals surface area contributed by atoms with Gasteiger partial charge in [-0.05, 0) is 36.1 Å². The van der Waals surface area contributed by atoms with Crippen LogP contribution in [0.1, 0.15) is 32.8 Å². The van der Waals surface area contributed by atoms with Crippen LogP contribution in [-0.4, -0.2) is 28.2 Å². The molecule has 9 heteroatoms. The zero-order chi connectivity index (χ0) is 23.1. The van der Waals surface area contributed by atoms with E-state index in [-0.39, 0.29) is 11.8 Å². The Bertz CT molecular complexity index is 1090. The Morgan fingerprint density at radius 1 is 1.06 bits per heavy atom. The summed E-state index contributed by atoms with van der Waals surface area (Å²) < 4.78 is 0. The molecule has 7 nitrogen and oxygen atoms in total. The summed E-state index contributed by atoms with van der Waals surface area (Å²) in [5, 5.41) is 18.2. The zero-order valence-electron chi connectivity index (χ0n) is 18.2. The molecule has 0 saturated heterocycles. The predicted octanol–water partition coefficient (Wildman–Crippen LogP) is 5.60. The minimum Gasteiger partial charge on any atom is -0.326 e. The maximum Gasteiger partial charge on any atom is 0.319 e. The highest BCUT2D eigenvalue weighted by Crippen LogP contribution is 2.28. The average Bonchev–Trinajstić information content (AvgIpc) is 3.25. The van der Waals surface area contributed by atoms with Gasteiger partial charge in [0.15, 0.2) is 0 Å². The van der Waals surface area contributed by atoms with Crippen LogP contribution in [0.2, 0.25) is 5.02 Å². The number of hydrogen-bond donors (Lipinski definition) is 3. The first-order chi connectivity index (χ1) is 15.4.